The molecule has 5 heteroatoms. The number of aliphatic hydroxyl groups excluding tert-OH is 1. The zero-order valence-electron chi connectivity index (χ0n) is 14.4. The molecule has 1 saturated carbocycles. The van der Waals surface area contributed by atoms with Crippen molar-refractivity contribution < 1.29 is 9.90 Å². The largest absolute Gasteiger partial charge is 0.393 e. The summed E-state index contributed by atoms with van der Waals surface area (Å²) in [5.41, 5.74) is 0.892. The van der Waals surface area contributed by atoms with Crippen LogP contribution in [0.5, 0.6) is 0 Å². The van der Waals surface area contributed by atoms with Crippen LogP contribution in [0.3, 0.4) is 0 Å². The predicted octanol–water partition coefficient (Wildman–Crippen LogP) is 2.97. The van der Waals surface area contributed by atoms with Crippen molar-refractivity contribution in [2.45, 2.75) is 51.7 Å². The topological polar surface area (TPSA) is 65.5 Å². The molecule has 2 amide bonds. The van der Waals surface area contributed by atoms with Gasteiger partial charge in [0.15, 0.2) is 0 Å². The lowest BCUT2D eigenvalue weighted by Crippen LogP contribution is -2.43. The molecule has 0 aliphatic heterocycles. The van der Waals surface area contributed by atoms with Crippen LogP contribution in [-0.2, 0) is 0 Å². The van der Waals surface area contributed by atoms with Crippen LogP contribution in [0.2, 0.25) is 0 Å². The number of nitrogens with zero attached hydrogens (tertiary/aromatic N) is 2. The van der Waals surface area contributed by atoms with Gasteiger partial charge in [-0.2, -0.15) is 0 Å². The van der Waals surface area contributed by atoms with Gasteiger partial charge in [0.25, 0.3) is 0 Å². The van der Waals surface area contributed by atoms with E-state index in [-0.39, 0.29) is 24.1 Å². The van der Waals surface area contributed by atoms with Gasteiger partial charge in [0.2, 0.25) is 0 Å². The number of urea groups is 1. The molecule has 2 N–H and O–H groups in total. The van der Waals surface area contributed by atoms with Crippen molar-refractivity contribution >= 4 is 6.03 Å². The third-order valence-electron chi connectivity index (χ3n) is 4.52. The Labute approximate surface area is 139 Å². The molecule has 23 heavy (non-hydrogen) atoms. The summed E-state index contributed by atoms with van der Waals surface area (Å²) >= 11 is 0. The summed E-state index contributed by atoms with van der Waals surface area (Å²) in [4.78, 5) is 18.6. The second kappa shape index (κ2) is 8.29. The summed E-state index contributed by atoms with van der Waals surface area (Å²) in [7, 11) is 1.80. The third kappa shape index (κ3) is 5.20. The predicted molar refractivity (Wildman–Crippen MR) is 90.9 cm³/mol. The van der Waals surface area contributed by atoms with Crippen molar-refractivity contribution in [1.29, 1.82) is 0 Å². The van der Waals surface area contributed by atoms with Gasteiger partial charge >= 0.3 is 6.03 Å². The van der Waals surface area contributed by atoms with Crippen LogP contribution in [0.4, 0.5) is 4.79 Å². The lowest BCUT2D eigenvalue weighted by Gasteiger charge is -2.27. The molecule has 128 valence electrons. The van der Waals surface area contributed by atoms with Gasteiger partial charge in [-0.05, 0) is 37.3 Å². The Morgan fingerprint density at radius 1 is 1.43 bits per heavy atom. The van der Waals surface area contributed by atoms with Gasteiger partial charge in [-0.15, -0.1) is 0 Å². The van der Waals surface area contributed by atoms with Gasteiger partial charge in [-0.3, -0.25) is 4.98 Å². The standard InChI is InChI=1S/C18H29N3O2/c1-13(2)11-16(15-8-4-5-10-19-15)20-18(23)21(3)12-14-7-6-9-17(14)22/h4-5,8,10,13-14,16-17,22H,6-7,9,11-12H2,1-3H3,(H,20,23)/t14-,16+,17+/m1/s1. The number of carbonyl (C=O) groups is 1. The number of pyridine rings is 1. The van der Waals surface area contributed by atoms with Gasteiger partial charge in [0.1, 0.15) is 0 Å². The van der Waals surface area contributed by atoms with Crippen LogP contribution in [0.15, 0.2) is 24.4 Å². The molecule has 0 bridgehead atoms. The molecular weight excluding hydrogens is 290 g/mol. The van der Waals surface area contributed by atoms with Crippen LogP contribution in [0, 0.1) is 11.8 Å². The lowest BCUT2D eigenvalue weighted by molar-refractivity contribution is 0.113. The molecule has 1 aliphatic rings. The molecule has 1 fully saturated rings. The van der Waals surface area contributed by atoms with Crippen LogP contribution in [0.25, 0.3) is 0 Å². The number of amides is 2. The SMILES string of the molecule is CC(C)C[C@H](NC(=O)N(C)C[C@H]1CCC[C@@H]1O)c1ccccn1. The molecule has 5 nitrogen and oxygen atoms in total. The first-order chi connectivity index (χ1) is 11.0. The average Bonchev–Trinajstić information content (AvgIpc) is 2.92. The van der Waals surface area contributed by atoms with Gasteiger partial charge in [0, 0.05) is 25.7 Å². The number of carbonyl (C=O) groups excluding carboxylic acids is 1. The minimum atomic E-state index is -0.271. The number of aliphatic hydroxyl groups is 1. The Hall–Kier alpha value is -1.62. The van der Waals surface area contributed by atoms with Crippen molar-refractivity contribution in [2.24, 2.45) is 11.8 Å². The van der Waals surface area contributed by atoms with Crippen LogP contribution >= 0.6 is 0 Å². The van der Waals surface area contributed by atoms with Gasteiger partial charge in [-0.1, -0.05) is 26.3 Å². The highest BCUT2D eigenvalue weighted by atomic mass is 16.3. The minimum absolute atomic E-state index is 0.0837. The van der Waals surface area contributed by atoms with E-state index in [1.54, 1.807) is 18.1 Å². The summed E-state index contributed by atoms with van der Waals surface area (Å²) in [6, 6.07) is 5.60. The zero-order chi connectivity index (χ0) is 16.8. The van der Waals surface area contributed by atoms with Gasteiger partial charge < -0.3 is 15.3 Å². The summed E-state index contributed by atoms with van der Waals surface area (Å²) in [5.74, 6) is 0.661. The fraction of sp³-hybridized carbons (Fsp3) is 0.667. The molecule has 0 radical (unpaired) electrons. The minimum Gasteiger partial charge on any atom is -0.393 e. The molecule has 1 aromatic rings. The quantitative estimate of drug-likeness (QED) is 0.847. The fourth-order valence-corrected chi connectivity index (χ4v) is 3.23. The second-order valence-electron chi connectivity index (χ2n) is 7.03. The van der Waals surface area contributed by atoms with E-state index in [2.05, 4.69) is 24.1 Å². The van der Waals surface area contributed by atoms with E-state index < -0.39 is 0 Å². The maximum Gasteiger partial charge on any atom is 0.317 e. The highest BCUT2D eigenvalue weighted by Crippen LogP contribution is 2.26. The number of hydrogen-bond donors (Lipinski definition) is 2. The first-order valence-electron chi connectivity index (χ1n) is 8.58. The fourth-order valence-electron chi connectivity index (χ4n) is 3.23. The lowest BCUT2D eigenvalue weighted by atomic mass is 10.0. The second-order valence-corrected chi connectivity index (χ2v) is 7.03. The molecule has 1 heterocycles. The number of rotatable bonds is 6. The van der Waals surface area contributed by atoms with Crippen LogP contribution in [-0.4, -0.2) is 40.7 Å². The number of hydrogen-bond acceptors (Lipinski definition) is 3. The molecule has 0 saturated heterocycles. The number of nitrogens with one attached hydrogen (secondary N) is 1. The molecule has 1 aromatic heterocycles. The summed E-state index contributed by atoms with van der Waals surface area (Å²) < 4.78 is 0. The number of aromatic nitrogens is 1. The van der Waals surface area contributed by atoms with Crippen molar-refractivity contribution in [1.82, 2.24) is 15.2 Å². The Balaban J connectivity index is 1.96. The molecular formula is C18H29N3O2. The molecule has 0 aromatic carbocycles. The normalized spacial score (nSPS) is 22.1. The van der Waals surface area contributed by atoms with Crippen molar-refractivity contribution in [3.05, 3.63) is 30.1 Å². The smallest absolute Gasteiger partial charge is 0.317 e. The molecule has 3 atom stereocenters. The Kier molecular flexibility index (Phi) is 6.39. The van der Waals surface area contributed by atoms with E-state index in [0.29, 0.717) is 12.5 Å². The van der Waals surface area contributed by atoms with E-state index in [1.807, 2.05) is 18.2 Å². The summed E-state index contributed by atoms with van der Waals surface area (Å²) in [6.07, 6.45) is 5.23. The van der Waals surface area contributed by atoms with E-state index in [1.165, 1.54) is 0 Å². The van der Waals surface area contributed by atoms with Crippen molar-refractivity contribution in [2.75, 3.05) is 13.6 Å². The van der Waals surface area contributed by atoms with Crippen molar-refractivity contribution in [3.63, 3.8) is 0 Å². The molecule has 0 spiro atoms. The zero-order valence-corrected chi connectivity index (χ0v) is 14.4. The Bertz CT molecular complexity index is 492. The van der Waals surface area contributed by atoms with Gasteiger partial charge in [-0.25, -0.2) is 4.79 Å². The van der Waals surface area contributed by atoms with Gasteiger partial charge in [0.05, 0.1) is 17.8 Å². The van der Waals surface area contributed by atoms with E-state index in [4.69, 9.17) is 0 Å². The first-order valence-corrected chi connectivity index (χ1v) is 8.58. The highest BCUT2D eigenvalue weighted by molar-refractivity contribution is 5.74. The van der Waals surface area contributed by atoms with E-state index in [9.17, 15) is 9.90 Å². The molecule has 1 aliphatic carbocycles. The third-order valence-corrected chi connectivity index (χ3v) is 4.52. The molecule has 2 rings (SSSR count). The van der Waals surface area contributed by atoms with Crippen LogP contribution < -0.4 is 5.32 Å². The van der Waals surface area contributed by atoms with E-state index >= 15 is 0 Å². The highest BCUT2D eigenvalue weighted by Gasteiger charge is 2.28. The monoisotopic (exact) mass is 319 g/mol. The maximum absolute atomic E-state index is 12.5. The summed E-state index contributed by atoms with van der Waals surface area (Å²) in [5, 5.41) is 13.0. The van der Waals surface area contributed by atoms with Crippen LogP contribution in [0.1, 0.15) is 51.3 Å². The first kappa shape index (κ1) is 17.7. The Morgan fingerprint density at radius 3 is 2.78 bits per heavy atom. The summed E-state index contributed by atoms with van der Waals surface area (Å²) in [6.45, 7) is 4.88. The molecule has 0 unspecified atom stereocenters. The van der Waals surface area contributed by atoms with Crippen molar-refractivity contribution in [3.8, 4) is 0 Å². The van der Waals surface area contributed by atoms with E-state index in [0.717, 1.165) is 31.4 Å². The Morgan fingerprint density at radius 2 is 2.22 bits per heavy atom. The maximum atomic E-state index is 12.5. The average molecular weight is 319 g/mol.